The van der Waals surface area contributed by atoms with Gasteiger partial charge in [0.2, 0.25) is 0 Å². The van der Waals surface area contributed by atoms with Gasteiger partial charge in [0.1, 0.15) is 19.3 Å². The highest BCUT2D eigenvalue weighted by Crippen LogP contribution is 2.38. The summed E-state index contributed by atoms with van der Waals surface area (Å²) in [6.45, 7) is 5.30. The van der Waals surface area contributed by atoms with Crippen LogP contribution in [0.25, 0.3) is 0 Å². The molecular weight excluding hydrogens is 721 g/mol. The van der Waals surface area contributed by atoms with Crippen LogP contribution >= 0.6 is 7.82 Å². The average Bonchev–Trinajstić information content (AvgIpc) is 3.15. The van der Waals surface area contributed by atoms with Crippen molar-refractivity contribution in [2.75, 3.05) is 54.1 Å². The fraction of sp³-hybridized carbons (Fsp3) is 0.809. The van der Waals surface area contributed by atoms with Gasteiger partial charge in [-0.15, -0.1) is 0 Å². The fourth-order valence-corrected chi connectivity index (χ4v) is 6.85. The fourth-order valence-electron chi connectivity index (χ4n) is 6.13. The van der Waals surface area contributed by atoms with Crippen molar-refractivity contribution < 1.29 is 37.3 Å². The molecule has 0 radical (unpaired) electrons. The Hall–Kier alpha value is -1.54. The molecule has 56 heavy (non-hydrogen) atoms. The zero-order valence-corrected chi connectivity index (χ0v) is 38.0. The Labute approximate surface area is 346 Å². The van der Waals surface area contributed by atoms with Crippen LogP contribution in [0, 0.1) is 0 Å². The number of esters is 1. The normalized spacial score (nSPS) is 14.2. The number of carbonyl (C=O) groups is 1. The van der Waals surface area contributed by atoms with Crippen LogP contribution < -0.4 is 4.89 Å². The number of unbranched alkanes of at least 4 members (excludes halogenated alkanes) is 20. The lowest BCUT2D eigenvalue weighted by molar-refractivity contribution is -0.870. The maximum Gasteiger partial charge on any atom is 0.306 e. The second kappa shape index (κ2) is 40.2. The molecule has 8 nitrogen and oxygen atoms in total. The maximum atomic E-state index is 12.7. The lowest BCUT2D eigenvalue weighted by Crippen LogP contribution is -2.37. The van der Waals surface area contributed by atoms with Crippen LogP contribution in [0.3, 0.4) is 0 Å². The molecule has 2 unspecified atom stereocenters. The highest BCUT2D eigenvalue weighted by Gasteiger charge is 2.20. The number of carbonyl (C=O) groups excluding carboxylic acids is 1. The van der Waals surface area contributed by atoms with Crippen molar-refractivity contribution in [3.63, 3.8) is 0 Å². The number of phosphoric acid groups is 1. The van der Waals surface area contributed by atoms with Gasteiger partial charge in [0.25, 0.3) is 7.82 Å². The Morgan fingerprint density at radius 3 is 1.55 bits per heavy atom. The van der Waals surface area contributed by atoms with Crippen LogP contribution in [0.1, 0.15) is 187 Å². The monoisotopic (exact) mass is 810 g/mol. The minimum atomic E-state index is -4.52. The van der Waals surface area contributed by atoms with Crippen LogP contribution in [0.4, 0.5) is 0 Å². The summed E-state index contributed by atoms with van der Waals surface area (Å²) in [5.74, 6) is -0.339. The van der Waals surface area contributed by atoms with E-state index in [1.807, 2.05) is 21.1 Å². The number of phosphoric ester groups is 1. The van der Waals surface area contributed by atoms with E-state index >= 15 is 0 Å². The first kappa shape index (κ1) is 54.5. The van der Waals surface area contributed by atoms with Crippen molar-refractivity contribution in [3.8, 4) is 0 Å². The molecule has 0 aromatic carbocycles. The van der Waals surface area contributed by atoms with Crippen molar-refractivity contribution >= 4 is 13.8 Å². The molecule has 0 bridgehead atoms. The number of quaternary nitrogens is 1. The molecule has 0 amide bonds. The molecule has 0 fully saturated rings. The van der Waals surface area contributed by atoms with Gasteiger partial charge in [-0.05, 0) is 51.4 Å². The molecule has 0 aromatic heterocycles. The summed E-state index contributed by atoms with van der Waals surface area (Å²) in [5, 5.41) is 0. The second-order valence-electron chi connectivity index (χ2n) is 16.4. The minimum Gasteiger partial charge on any atom is -0.756 e. The molecule has 0 saturated heterocycles. The number of likely N-dealkylation sites (N-methyl/N-ethyl adjacent to an activating group) is 1. The van der Waals surface area contributed by atoms with E-state index in [2.05, 4.69) is 62.5 Å². The molecule has 0 aromatic rings. The van der Waals surface area contributed by atoms with E-state index in [4.69, 9.17) is 18.5 Å². The van der Waals surface area contributed by atoms with Crippen LogP contribution in [-0.2, 0) is 27.9 Å². The van der Waals surface area contributed by atoms with Crippen LogP contribution in [0.5, 0.6) is 0 Å². The van der Waals surface area contributed by atoms with Crippen LogP contribution in [0.15, 0.2) is 48.6 Å². The summed E-state index contributed by atoms with van der Waals surface area (Å²) in [6, 6.07) is 0. The quantitative estimate of drug-likeness (QED) is 0.0199. The van der Waals surface area contributed by atoms with Crippen molar-refractivity contribution in [3.05, 3.63) is 48.6 Å². The molecule has 2 atom stereocenters. The van der Waals surface area contributed by atoms with E-state index in [-0.39, 0.29) is 25.8 Å². The first-order valence-corrected chi connectivity index (χ1v) is 24.3. The van der Waals surface area contributed by atoms with Crippen LogP contribution in [0.2, 0.25) is 0 Å². The lowest BCUT2D eigenvalue weighted by atomic mass is 10.0. The highest BCUT2D eigenvalue weighted by molar-refractivity contribution is 7.45. The summed E-state index contributed by atoms with van der Waals surface area (Å²) in [7, 11) is 1.35. The van der Waals surface area contributed by atoms with Crippen LogP contribution in [-0.4, -0.2) is 70.7 Å². The summed E-state index contributed by atoms with van der Waals surface area (Å²) >= 11 is 0. The Bertz CT molecular complexity index is 1040. The SMILES string of the molecule is CC/C=C\C/C=C\C/C=C\C/C=C\CCCCCCCCCCCCC(=O)OC(COCCCCCCCCCCCCC)COP(=O)([O-])OCC[N+](C)(C)C. The van der Waals surface area contributed by atoms with Gasteiger partial charge in [0, 0.05) is 13.0 Å². The zero-order chi connectivity index (χ0) is 41.3. The molecule has 0 heterocycles. The number of ether oxygens (including phenoxy) is 2. The highest BCUT2D eigenvalue weighted by atomic mass is 31.2. The van der Waals surface area contributed by atoms with Gasteiger partial charge in [0.15, 0.2) is 0 Å². The van der Waals surface area contributed by atoms with Crippen molar-refractivity contribution in [2.24, 2.45) is 0 Å². The van der Waals surface area contributed by atoms with E-state index in [9.17, 15) is 14.3 Å². The summed E-state index contributed by atoms with van der Waals surface area (Å²) < 4.78 is 34.6. The number of rotatable bonds is 42. The van der Waals surface area contributed by atoms with Crippen molar-refractivity contribution in [1.82, 2.24) is 0 Å². The largest absolute Gasteiger partial charge is 0.756 e. The van der Waals surface area contributed by atoms with Gasteiger partial charge >= 0.3 is 5.97 Å². The Balaban J connectivity index is 4.14. The predicted octanol–water partition coefficient (Wildman–Crippen LogP) is 12.9. The number of hydrogen-bond acceptors (Lipinski definition) is 7. The van der Waals surface area contributed by atoms with E-state index in [0.29, 0.717) is 24.1 Å². The van der Waals surface area contributed by atoms with Gasteiger partial charge in [-0.25, -0.2) is 0 Å². The van der Waals surface area contributed by atoms with Crippen molar-refractivity contribution in [2.45, 2.75) is 193 Å². The first-order valence-electron chi connectivity index (χ1n) is 22.9. The second-order valence-corrected chi connectivity index (χ2v) is 17.8. The van der Waals surface area contributed by atoms with Gasteiger partial charge in [-0.3, -0.25) is 9.36 Å². The van der Waals surface area contributed by atoms with E-state index < -0.39 is 13.9 Å². The molecule has 0 aliphatic heterocycles. The van der Waals surface area contributed by atoms with Gasteiger partial charge in [-0.1, -0.05) is 178 Å². The molecule has 9 heteroatoms. The Morgan fingerprint density at radius 2 is 1.04 bits per heavy atom. The van der Waals surface area contributed by atoms with E-state index in [1.165, 1.54) is 109 Å². The zero-order valence-electron chi connectivity index (χ0n) is 37.1. The standard InChI is InChI=1S/C47H88NO7P/c1-6-8-10-12-14-16-18-19-20-21-22-23-24-25-26-27-28-29-30-32-34-36-38-40-47(49)55-46(45-54-56(50,51)53-43-41-48(3,4)5)44-52-42-39-37-35-33-31-17-15-13-11-9-7-2/h8,10,14,16,19-20,22-23,46H,6-7,9,11-13,15,17-18,21,24-45H2,1-5H3/b10-8-,16-14-,20-19-,23-22-. The van der Waals surface area contributed by atoms with Gasteiger partial charge in [0.05, 0.1) is 34.4 Å². The maximum absolute atomic E-state index is 12.7. The summed E-state index contributed by atoms with van der Waals surface area (Å²) in [6.07, 6.45) is 48.4. The Kier molecular flexibility index (Phi) is 39.1. The Morgan fingerprint density at radius 1 is 0.571 bits per heavy atom. The predicted molar refractivity (Wildman–Crippen MR) is 236 cm³/mol. The first-order chi connectivity index (χ1) is 27.1. The number of hydrogen-bond donors (Lipinski definition) is 0. The van der Waals surface area contributed by atoms with E-state index in [0.717, 1.165) is 57.8 Å². The van der Waals surface area contributed by atoms with Crippen molar-refractivity contribution in [1.29, 1.82) is 0 Å². The molecule has 0 N–H and O–H groups in total. The number of allylic oxidation sites excluding steroid dienone is 8. The molecule has 0 aliphatic carbocycles. The molecule has 0 rings (SSSR count). The average molecular weight is 810 g/mol. The molecule has 0 saturated carbocycles. The molecule has 0 spiro atoms. The molecular formula is C47H88NO7P. The number of nitrogens with zero attached hydrogens (tertiary/aromatic N) is 1. The molecule has 0 aliphatic rings. The summed E-state index contributed by atoms with van der Waals surface area (Å²) in [4.78, 5) is 25.1. The third-order valence-electron chi connectivity index (χ3n) is 9.64. The van der Waals surface area contributed by atoms with Gasteiger partial charge in [-0.2, -0.15) is 0 Å². The smallest absolute Gasteiger partial charge is 0.306 e. The van der Waals surface area contributed by atoms with Gasteiger partial charge < -0.3 is 27.9 Å². The minimum absolute atomic E-state index is 0.0251. The summed E-state index contributed by atoms with van der Waals surface area (Å²) in [5.41, 5.74) is 0. The third-order valence-corrected chi connectivity index (χ3v) is 10.6. The lowest BCUT2D eigenvalue weighted by Gasteiger charge is -2.28. The third kappa shape index (κ3) is 43.6. The topological polar surface area (TPSA) is 94.1 Å². The van der Waals surface area contributed by atoms with E-state index in [1.54, 1.807) is 0 Å². The molecule has 328 valence electrons.